The quantitative estimate of drug-likeness (QED) is 0.418. The molecule has 6 heteroatoms. The lowest BCUT2D eigenvalue weighted by atomic mass is 10.1. The summed E-state index contributed by atoms with van der Waals surface area (Å²) < 4.78 is 13.1. The van der Waals surface area contributed by atoms with Gasteiger partial charge in [-0.25, -0.2) is 4.68 Å². The van der Waals surface area contributed by atoms with Gasteiger partial charge < -0.3 is 14.8 Å². The van der Waals surface area contributed by atoms with E-state index in [0.29, 0.717) is 30.2 Å². The normalized spacial score (nSPS) is 10.6. The molecule has 0 aliphatic carbocycles. The zero-order valence-electron chi connectivity index (χ0n) is 19.0. The molecule has 0 saturated heterocycles. The summed E-state index contributed by atoms with van der Waals surface area (Å²) in [5, 5.41) is 7.68. The van der Waals surface area contributed by atoms with Gasteiger partial charge in [-0.1, -0.05) is 42.5 Å². The van der Waals surface area contributed by atoms with E-state index < -0.39 is 0 Å². The first-order valence-electron chi connectivity index (χ1n) is 10.8. The summed E-state index contributed by atoms with van der Waals surface area (Å²) in [6.45, 7) is 4.73. The molecule has 0 spiro atoms. The van der Waals surface area contributed by atoms with E-state index in [-0.39, 0.29) is 5.91 Å². The largest absolute Gasteiger partial charge is 0.493 e. The first-order chi connectivity index (χ1) is 16.1. The smallest absolute Gasteiger partial charge is 0.251 e. The number of hydrogen-bond acceptors (Lipinski definition) is 4. The van der Waals surface area contributed by atoms with Crippen LogP contribution in [0.4, 0.5) is 0 Å². The van der Waals surface area contributed by atoms with E-state index in [1.54, 1.807) is 13.2 Å². The van der Waals surface area contributed by atoms with Crippen LogP contribution in [0.25, 0.3) is 5.69 Å². The fourth-order valence-corrected chi connectivity index (χ4v) is 3.72. The summed E-state index contributed by atoms with van der Waals surface area (Å²) in [6.07, 6.45) is 0. The van der Waals surface area contributed by atoms with Gasteiger partial charge in [0.2, 0.25) is 0 Å². The van der Waals surface area contributed by atoms with Gasteiger partial charge in [-0.05, 0) is 55.8 Å². The Balaban J connectivity index is 1.42. The molecule has 0 fully saturated rings. The third-order valence-corrected chi connectivity index (χ3v) is 5.52. The number of nitrogens with one attached hydrogen (secondary N) is 1. The number of nitrogens with zero attached hydrogens (tertiary/aromatic N) is 2. The molecule has 6 nitrogen and oxygen atoms in total. The highest BCUT2D eigenvalue weighted by Crippen LogP contribution is 2.26. The Morgan fingerprint density at radius 2 is 1.67 bits per heavy atom. The number of rotatable bonds is 8. The minimum atomic E-state index is -0.139. The van der Waals surface area contributed by atoms with E-state index in [0.717, 1.165) is 28.2 Å². The predicted molar refractivity (Wildman–Crippen MR) is 128 cm³/mol. The monoisotopic (exact) mass is 441 g/mol. The molecule has 4 rings (SSSR count). The second-order valence-corrected chi connectivity index (χ2v) is 7.72. The number of aryl methyl sites for hydroxylation is 1. The maximum absolute atomic E-state index is 12.8. The Morgan fingerprint density at radius 3 is 2.42 bits per heavy atom. The first kappa shape index (κ1) is 22.1. The molecule has 0 aliphatic rings. The van der Waals surface area contributed by atoms with Crippen molar-refractivity contribution in [3.8, 4) is 17.2 Å². The van der Waals surface area contributed by atoms with E-state index in [9.17, 15) is 4.79 Å². The summed E-state index contributed by atoms with van der Waals surface area (Å²) in [5.41, 5.74) is 5.41. The zero-order valence-corrected chi connectivity index (χ0v) is 19.0. The fourth-order valence-electron chi connectivity index (χ4n) is 3.72. The number of benzene rings is 3. The minimum Gasteiger partial charge on any atom is -0.493 e. The van der Waals surface area contributed by atoms with Gasteiger partial charge in [0.1, 0.15) is 6.61 Å². The number of para-hydroxylation sites is 3. The molecule has 1 aromatic heterocycles. The van der Waals surface area contributed by atoms with Crippen molar-refractivity contribution < 1.29 is 14.3 Å². The standard InChI is InChI=1S/C27H27N3O3/c1-19-24(20(2)30(29-19)23-12-5-4-6-13-23)17-28-27(31)22-11-9-10-21(16-22)18-33-26-15-8-7-14-25(26)32-3/h4-16H,17-18H2,1-3H3,(H,28,31). The summed E-state index contributed by atoms with van der Waals surface area (Å²) in [4.78, 5) is 12.8. The molecular weight excluding hydrogens is 414 g/mol. The Bertz CT molecular complexity index is 1250. The maximum atomic E-state index is 12.8. The molecule has 0 radical (unpaired) electrons. The minimum absolute atomic E-state index is 0.139. The summed E-state index contributed by atoms with van der Waals surface area (Å²) in [5.74, 6) is 1.20. The van der Waals surface area contributed by atoms with Gasteiger partial charge in [0.15, 0.2) is 11.5 Å². The molecule has 0 aliphatic heterocycles. The van der Waals surface area contributed by atoms with Crippen molar-refractivity contribution in [2.24, 2.45) is 0 Å². The highest BCUT2D eigenvalue weighted by atomic mass is 16.5. The molecule has 0 bridgehead atoms. The van der Waals surface area contributed by atoms with Crippen LogP contribution in [-0.4, -0.2) is 22.8 Å². The molecular formula is C27H27N3O3. The molecule has 33 heavy (non-hydrogen) atoms. The van der Waals surface area contributed by atoms with Crippen LogP contribution in [-0.2, 0) is 13.2 Å². The molecule has 4 aromatic rings. The lowest BCUT2D eigenvalue weighted by Crippen LogP contribution is -2.23. The second-order valence-electron chi connectivity index (χ2n) is 7.72. The third kappa shape index (κ3) is 5.06. The predicted octanol–water partition coefficient (Wildman–Crippen LogP) is 5.01. The number of hydrogen-bond donors (Lipinski definition) is 1. The highest BCUT2D eigenvalue weighted by Gasteiger charge is 2.14. The van der Waals surface area contributed by atoms with Crippen LogP contribution in [0.5, 0.6) is 11.5 Å². The molecule has 0 saturated carbocycles. The van der Waals surface area contributed by atoms with E-state index in [2.05, 4.69) is 10.4 Å². The number of amides is 1. The lowest BCUT2D eigenvalue weighted by molar-refractivity contribution is 0.0950. The SMILES string of the molecule is COc1ccccc1OCc1cccc(C(=O)NCc2c(C)nn(-c3ccccc3)c2C)c1. The Morgan fingerprint density at radius 1 is 0.939 bits per heavy atom. The lowest BCUT2D eigenvalue weighted by Gasteiger charge is -2.11. The van der Waals surface area contributed by atoms with Crippen LogP contribution in [0.3, 0.4) is 0 Å². The van der Waals surface area contributed by atoms with Gasteiger partial charge >= 0.3 is 0 Å². The first-order valence-corrected chi connectivity index (χ1v) is 10.8. The second kappa shape index (κ2) is 10.0. The topological polar surface area (TPSA) is 65.4 Å². The third-order valence-electron chi connectivity index (χ3n) is 5.52. The Kier molecular flexibility index (Phi) is 6.74. The van der Waals surface area contributed by atoms with Crippen molar-refractivity contribution >= 4 is 5.91 Å². The highest BCUT2D eigenvalue weighted by molar-refractivity contribution is 5.94. The van der Waals surface area contributed by atoms with E-state index in [4.69, 9.17) is 9.47 Å². The zero-order chi connectivity index (χ0) is 23.2. The molecule has 0 unspecified atom stereocenters. The molecule has 1 heterocycles. The van der Waals surface area contributed by atoms with Gasteiger partial charge in [-0.3, -0.25) is 4.79 Å². The van der Waals surface area contributed by atoms with Crippen LogP contribution in [0.1, 0.15) is 32.9 Å². The van der Waals surface area contributed by atoms with Crippen molar-refractivity contribution in [2.75, 3.05) is 7.11 Å². The summed E-state index contributed by atoms with van der Waals surface area (Å²) >= 11 is 0. The average molecular weight is 442 g/mol. The Labute approximate surface area is 193 Å². The number of carbonyl (C=O) groups excluding carboxylic acids is 1. The van der Waals surface area contributed by atoms with Gasteiger partial charge in [-0.15, -0.1) is 0 Å². The van der Waals surface area contributed by atoms with Crippen LogP contribution in [0.15, 0.2) is 78.9 Å². The Hall–Kier alpha value is -4.06. The average Bonchev–Trinajstić information content (AvgIpc) is 3.15. The molecule has 1 N–H and O–H groups in total. The number of aromatic nitrogens is 2. The van der Waals surface area contributed by atoms with Gasteiger partial charge in [0.25, 0.3) is 5.91 Å². The molecule has 0 atom stereocenters. The van der Waals surface area contributed by atoms with Crippen molar-refractivity contribution in [3.05, 3.63) is 107 Å². The van der Waals surface area contributed by atoms with Crippen molar-refractivity contribution in [3.63, 3.8) is 0 Å². The van der Waals surface area contributed by atoms with Gasteiger partial charge in [-0.2, -0.15) is 5.10 Å². The van der Waals surface area contributed by atoms with E-state index >= 15 is 0 Å². The van der Waals surface area contributed by atoms with Crippen LogP contribution < -0.4 is 14.8 Å². The van der Waals surface area contributed by atoms with Gasteiger partial charge in [0, 0.05) is 23.4 Å². The van der Waals surface area contributed by atoms with Crippen LogP contribution in [0, 0.1) is 13.8 Å². The van der Waals surface area contributed by atoms with Crippen LogP contribution >= 0.6 is 0 Å². The van der Waals surface area contributed by atoms with Crippen LogP contribution in [0.2, 0.25) is 0 Å². The number of methoxy groups -OCH3 is 1. The summed E-state index contributed by atoms with van der Waals surface area (Å²) in [6, 6.07) is 24.9. The summed E-state index contributed by atoms with van der Waals surface area (Å²) in [7, 11) is 1.61. The maximum Gasteiger partial charge on any atom is 0.251 e. The van der Waals surface area contributed by atoms with Crippen molar-refractivity contribution in [2.45, 2.75) is 27.0 Å². The number of carbonyl (C=O) groups is 1. The van der Waals surface area contributed by atoms with E-state index in [1.807, 2.05) is 91.3 Å². The van der Waals surface area contributed by atoms with E-state index in [1.165, 1.54) is 0 Å². The van der Waals surface area contributed by atoms with Gasteiger partial charge in [0.05, 0.1) is 18.5 Å². The number of ether oxygens (including phenoxy) is 2. The molecule has 168 valence electrons. The van der Waals surface area contributed by atoms with Crippen molar-refractivity contribution in [1.29, 1.82) is 0 Å². The van der Waals surface area contributed by atoms with Crippen molar-refractivity contribution in [1.82, 2.24) is 15.1 Å². The fraction of sp³-hybridized carbons (Fsp3) is 0.185. The molecule has 3 aromatic carbocycles. The molecule has 1 amide bonds.